The Hall–Kier alpha value is -4.18. The minimum absolute atomic E-state index is 0.194. The number of aromatic nitrogens is 3. The maximum atomic E-state index is 13.1. The number of aliphatic hydroxyl groups is 1. The SMILES string of the molecule is CCOC(=O)c1[nH]c2c(-c3c(CCOCCCCOC)n[nH]c3CO)cccc2c1CCCOc1cccc2ccccc12. The van der Waals surface area contributed by atoms with Crippen molar-refractivity contribution in [3.63, 3.8) is 0 Å². The largest absolute Gasteiger partial charge is 0.493 e. The van der Waals surface area contributed by atoms with Crippen LogP contribution in [-0.4, -0.2) is 66.4 Å². The summed E-state index contributed by atoms with van der Waals surface area (Å²) in [5.74, 6) is 0.453. The van der Waals surface area contributed by atoms with E-state index in [-0.39, 0.29) is 13.2 Å². The quantitative estimate of drug-likeness (QED) is 0.0839. The number of hydrogen-bond donors (Lipinski definition) is 3. The molecule has 2 aromatic heterocycles. The van der Waals surface area contributed by atoms with E-state index in [1.54, 1.807) is 14.0 Å². The standard InChI is InChI=1S/C35H41N3O6/c1-3-43-35(40)34-27(16-10-21-44-31-17-8-12-24-11-4-5-13-25(24)31)26-14-9-15-28(33(26)36-34)32-29(37-38-30(32)23-39)18-22-42-20-7-6-19-41-2/h4-5,8-9,11-15,17,36,39H,3,6-7,10,16,18-23H2,1-2H3,(H,37,38). The maximum absolute atomic E-state index is 13.1. The number of para-hydroxylation sites is 1. The Labute approximate surface area is 257 Å². The molecule has 0 aliphatic carbocycles. The number of hydrogen-bond acceptors (Lipinski definition) is 7. The highest BCUT2D eigenvalue weighted by Crippen LogP contribution is 2.36. The van der Waals surface area contributed by atoms with E-state index in [1.807, 2.05) is 42.5 Å². The van der Waals surface area contributed by atoms with Gasteiger partial charge >= 0.3 is 5.97 Å². The summed E-state index contributed by atoms with van der Waals surface area (Å²) in [5.41, 5.74) is 5.23. The molecule has 0 atom stereocenters. The lowest BCUT2D eigenvalue weighted by Gasteiger charge is -2.10. The van der Waals surface area contributed by atoms with Crippen LogP contribution in [0.4, 0.5) is 0 Å². The van der Waals surface area contributed by atoms with Crippen molar-refractivity contribution in [2.45, 2.75) is 45.6 Å². The molecule has 9 nitrogen and oxygen atoms in total. The van der Waals surface area contributed by atoms with Crippen molar-refractivity contribution in [2.24, 2.45) is 0 Å². The van der Waals surface area contributed by atoms with Gasteiger partial charge in [0.05, 0.1) is 43.3 Å². The molecule has 0 saturated carbocycles. The fraction of sp³-hybridized carbons (Fsp3) is 0.371. The van der Waals surface area contributed by atoms with Gasteiger partial charge in [0.1, 0.15) is 11.4 Å². The Bertz CT molecular complexity index is 1670. The van der Waals surface area contributed by atoms with Crippen LogP contribution in [-0.2, 0) is 33.7 Å². The lowest BCUT2D eigenvalue weighted by atomic mass is 9.97. The third-order valence-electron chi connectivity index (χ3n) is 7.71. The van der Waals surface area contributed by atoms with Crippen LogP contribution in [0.1, 0.15) is 53.6 Å². The number of benzene rings is 3. The molecule has 3 aromatic carbocycles. The zero-order chi connectivity index (χ0) is 30.7. The zero-order valence-electron chi connectivity index (χ0n) is 25.5. The summed E-state index contributed by atoms with van der Waals surface area (Å²) in [7, 11) is 1.70. The normalized spacial score (nSPS) is 11.4. The monoisotopic (exact) mass is 599 g/mol. The number of ether oxygens (including phenoxy) is 4. The maximum Gasteiger partial charge on any atom is 0.355 e. The number of nitrogens with one attached hydrogen (secondary N) is 2. The predicted molar refractivity (Wildman–Crippen MR) is 171 cm³/mol. The van der Waals surface area contributed by atoms with Gasteiger partial charge in [0.25, 0.3) is 0 Å². The first-order chi connectivity index (χ1) is 21.7. The average molecular weight is 600 g/mol. The number of nitrogens with zero attached hydrogens (tertiary/aromatic N) is 1. The fourth-order valence-electron chi connectivity index (χ4n) is 5.63. The topological polar surface area (TPSA) is 119 Å². The Balaban J connectivity index is 1.38. The molecule has 3 N–H and O–H groups in total. The summed E-state index contributed by atoms with van der Waals surface area (Å²) >= 11 is 0. The Morgan fingerprint density at radius 3 is 2.52 bits per heavy atom. The highest BCUT2D eigenvalue weighted by Gasteiger charge is 2.23. The molecule has 0 unspecified atom stereocenters. The van der Waals surface area contributed by atoms with Gasteiger partial charge in [0.15, 0.2) is 0 Å². The number of methoxy groups -OCH3 is 1. The van der Waals surface area contributed by atoms with E-state index in [4.69, 9.17) is 18.9 Å². The van der Waals surface area contributed by atoms with E-state index in [0.29, 0.717) is 50.5 Å². The third-order valence-corrected chi connectivity index (χ3v) is 7.71. The van der Waals surface area contributed by atoms with Crippen LogP contribution in [0.5, 0.6) is 5.75 Å². The minimum atomic E-state index is -0.392. The first-order valence-corrected chi connectivity index (χ1v) is 15.3. The number of aromatic amines is 2. The van der Waals surface area contributed by atoms with Gasteiger partial charge in [-0.1, -0.05) is 54.6 Å². The molecular formula is C35H41N3O6. The van der Waals surface area contributed by atoms with Crippen molar-refractivity contribution < 1.29 is 28.8 Å². The molecular weight excluding hydrogens is 558 g/mol. The molecule has 0 fully saturated rings. The van der Waals surface area contributed by atoms with Crippen LogP contribution in [0.2, 0.25) is 0 Å². The number of esters is 1. The second kappa shape index (κ2) is 15.5. The highest BCUT2D eigenvalue weighted by atomic mass is 16.5. The molecule has 0 aliphatic heterocycles. The van der Waals surface area contributed by atoms with E-state index in [2.05, 4.69) is 33.4 Å². The van der Waals surface area contributed by atoms with E-state index in [1.165, 1.54) is 0 Å². The molecule has 0 aliphatic rings. The summed E-state index contributed by atoms with van der Waals surface area (Å²) in [6, 6.07) is 20.2. The lowest BCUT2D eigenvalue weighted by Crippen LogP contribution is -2.09. The summed E-state index contributed by atoms with van der Waals surface area (Å²) in [6.07, 6.45) is 3.78. The first kappa shape index (κ1) is 31.3. The number of unbranched alkanes of at least 4 members (excludes halogenated alkanes) is 1. The van der Waals surface area contributed by atoms with Crippen LogP contribution in [0.3, 0.4) is 0 Å². The molecule has 232 valence electrons. The summed E-state index contributed by atoms with van der Waals surface area (Å²) in [4.78, 5) is 16.5. The van der Waals surface area contributed by atoms with Gasteiger partial charge in [0.2, 0.25) is 0 Å². The number of aryl methyl sites for hydroxylation is 1. The summed E-state index contributed by atoms with van der Waals surface area (Å²) in [5, 5.41) is 20.8. The van der Waals surface area contributed by atoms with Crippen molar-refractivity contribution in [2.75, 3.05) is 40.1 Å². The minimum Gasteiger partial charge on any atom is -0.493 e. The van der Waals surface area contributed by atoms with Gasteiger partial charge in [-0.25, -0.2) is 4.79 Å². The predicted octanol–water partition coefficient (Wildman–Crippen LogP) is 6.38. The first-order valence-electron chi connectivity index (χ1n) is 15.3. The van der Waals surface area contributed by atoms with Crippen LogP contribution >= 0.6 is 0 Å². The van der Waals surface area contributed by atoms with Crippen molar-refractivity contribution in [3.05, 3.63) is 83.3 Å². The third kappa shape index (κ3) is 7.13. The van der Waals surface area contributed by atoms with E-state index >= 15 is 0 Å². The second-order valence-electron chi connectivity index (χ2n) is 10.6. The molecule has 2 heterocycles. The Morgan fingerprint density at radius 1 is 0.886 bits per heavy atom. The Morgan fingerprint density at radius 2 is 1.68 bits per heavy atom. The van der Waals surface area contributed by atoms with Crippen molar-refractivity contribution in [1.29, 1.82) is 0 Å². The van der Waals surface area contributed by atoms with Crippen LogP contribution in [0, 0.1) is 0 Å². The van der Waals surface area contributed by atoms with E-state index < -0.39 is 5.97 Å². The van der Waals surface area contributed by atoms with Gasteiger partial charge < -0.3 is 29.0 Å². The number of carbonyl (C=O) groups excluding carboxylic acids is 1. The summed E-state index contributed by atoms with van der Waals surface area (Å²) < 4.78 is 22.6. The highest BCUT2D eigenvalue weighted by molar-refractivity contribution is 6.04. The van der Waals surface area contributed by atoms with Gasteiger partial charge in [0, 0.05) is 48.6 Å². The smallest absolute Gasteiger partial charge is 0.355 e. The molecule has 5 rings (SSSR count). The number of aliphatic hydroxyl groups excluding tert-OH is 1. The van der Waals surface area contributed by atoms with Gasteiger partial charge in [-0.2, -0.15) is 5.10 Å². The molecule has 9 heteroatoms. The average Bonchev–Trinajstić information content (AvgIpc) is 3.64. The number of fused-ring (bicyclic) bond motifs is 2. The molecule has 0 saturated heterocycles. The molecule has 5 aromatic rings. The van der Waals surface area contributed by atoms with Crippen LogP contribution in [0.15, 0.2) is 60.7 Å². The number of rotatable bonds is 17. The van der Waals surface area contributed by atoms with Crippen LogP contribution < -0.4 is 4.74 Å². The van der Waals surface area contributed by atoms with E-state index in [9.17, 15) is 9.90 Å². The van der Waals surface area contributed by atoms with Gasteiger partial charge in [-0.3, -0.25) is 5.10 Å². The molecule has 0 radical (unpaired) electrons. The lowest BCUT2D eigenvalue weighted by molar-refractivity contribution is 0.0519. The fourth-order valence-corrected chi connectivity index (χ4v) is 5.63. The molecule has 0 amide bonds. The van der Waals surface area contributed by atoms with Crippen LogP contribution in [0.25, 0.3) is 32.8 Å². The number of carbonyl (C=O) groups is 1. The van der Waals surface area contributed by atoms with Crippen molar-refractivity contribution in [1.82, 2.24) is 15.2 Å². The van der Waals surface area contributed by atoms with E-state index in [0.717, 1.165) is 69.3 Å². The van der Waals surface area contributed by atoms with Gasteiger partial charge in [-0.05, 0) is 49.6 Å². The number of H-pyrrole nitrogens is 2. The molecule has 0 spiro atoms. The zero-order valence-corrected chi connectivity index (χ0v) is 25.5. The van der Waals surface area contributed by atoms with Crippen molar-refractivity contribution in [3.8, 4) is 16.9 Å². The van der Waals surface area contributed by atoms with Crippen molar-refractivity contribution >= 4 is 27.6 Å². The second-order valence-corrected chi connectivity index (χ2v) is 10.6. The summed E-state index contributed by atoms with van der Waals surface area (Å²) in [6.45, 7) is 4.26. The Kier molecular flexibility index (Phi) is 11.0. The molecule has 44 heavy (non-hydrogen) atoms. The van der Waals surface area contributed by atoms with Gasteiger partial charge in [-0.15, -0.1) is 0 Å². The molecule has 0 bridgehead atoms.